The van der Waals surface area contributed by atoms with E-state index in [0.29, 0.717) is 37.4 Å². The molecular formula is C23H24N2O4S. The van der Waals surface area contributed by atoms with Crippen LogP contribution in [0, 0.1) is 0 Å². The largest absolute Gasteiger partial charge is 0.379 e. The lowest BCUT2D eigenvalue weighted by molar-refractivity contribution is 0.0729. The number of carbonyl (C=O) groups excluding carboxylic acids is 1. The van der Waals surface area contributed by atoms with Gasteiger partial charge in [-0.3, -0.25) is 4.79 Å². The highest BCUT2D eigenvalue weighted by molar-refractivity contribution is 7.88. The Bertz CT molecular complexity index is 1150. The maximum Gasteiger partial charge on any atom is 0.251 e. The average Bonchev–Trinajstić information content (AvgIpc) is 2.78. The maximum atomic E-state index is 12.8. The molecule has 0 aliphatic carbocycles. The molecule has 7 heteroatoms. The lowest BCUT2D eigenvalue weighted by Crippen LogP contribution is -2.41. The van der Waals surface area contributed by atoms with Crippen LogP contribution in [0.2, 0.25) is 0 Å². The zero-order valence-corrected chi connectivity index (χ0v) is 17.4. The first-order valence-corrected chi connectivity index (χ1v) is 11.5. The molecule has 0 unspecified atom stereocenters. The molecule has 1 fully saturated rings. The minimum absolute atomic E-state index is 0.0883. The predicted octanol–water partition coefficient (Wildman–Crippen LogP) is 2.93. The summed E-state index contributed by atoms with van der Waals surface area (Å²) in [6, 6.07) is 20.8. The van der Waals surface area contributed by atoms with Crippen LogP contribution in [0.4, 0.5) is 0 Å². The SMILES string of the molecule is O=C(NCc1ccccc1CS(=O)(=O)N1CCOCC1)c1ccc2ccccc2c1. The van der Waals surface area contributed by atoms with E-state index in [-0.39, 0.29) is 18.2 Å². The topological polar surface area (TPSA) is 75.7 Å². The fourth-order valence-corrected chi connectivity index (χ4v) is 5.15. The quantitative estimate of drug-likeness (QED) is 0.660. The highest BCUT2D eigenvalue weighted by atomic mass is 32.2. The lowest BCUT2D eigenvalue weighted by atomic mass is 10.1. The van der Waals surface area contributed by atoms with Gasteiger partial charge in [-0.05, 0) is 34.0 Å². The van der Waals surface area contributed by atoms with Gasteiger partial charge in [-0.15, -0.1) is 0 Å². The number of nitrogens with one attached hydrogen (secondary N) is 1. The van der Waals surface area contributed by atoms with E-state index in [4.69, 9.17) is 4.74 Å². The second kappa shape index (κ2) is 8.95. The van der Waals surface area contributed by atoms with E-state index in [9.17, 15) is 13.2 Å². The Kier molecular flexibility index (Phi) is 6.13. The van der Waals surface area contributed by atoms with Crippen LogP contribution in [-0.4, -0.2) is 44.9 Å². The lowest BCUT2D eigenvalue weighted by Gasteiger charge is -2.26. The minimum Gasteiger partial charge on any atom is -0.379 e. The van der Waals surface area contributed by atoms with Gasteiger partial charge < -0.3 is 10.1 Å². The number of sulfonamides is 1. The van der Waals surface area contributed by atoms with E-state index in [1.807, 2.05) is 54.6 Å². The van der Waals surface area contributed by atoms with Crippen molar-refractivity contribution in [3.05, 3.63) is 83.4 Å². The Balaban J connectivity index is 1.46. The third-order valence-electron chi connectivity index (χ3n) is 5.27. The molecule has 1 saturated heterocycles. The average molecular weight is 425 g/mol. The number of nitrogens with zero attached hydrogens (tertiary/aromatic N) is 1. The van der Waals surface area contributed by atoms with E-state index in [1.54, 1.807) is 12.1 Å². The maximum absolute atomic E-state index is 12.8. The minimum atomic E-state index is -3.43. The summed E-state index contributed by atoms with van der Waals surface area (Å²) in [7, 11) is -3.43. The van der Waals surface area contributed by atoms with E-state index in [2.05, 4.69) is 5.32 Å². The van der Waals surface area contributed by atoms with Crippen LogP contribution in [0.3, 0.4) is 0 Å². The summed E-state index contributed by atoms with van der Waals surface area (Å²) in [5.41, 5.74) is 2.07. The van der Waals surface area contributed by atoms with Crippen LogP contribution in [0.1, 0.15) is 21.5 Å². The van der Waals surface area contributed by atoms with Crippen LogP contribution in [0.15, 0.2) is 66.7 Å². The molecule has 4 rings (SSSR count). The first-order valence-electron chi connectivity index (χ1n) is 9.92. The molecule has 156 valence electrons. The monoisotopic (exact) mass is 424 g/mol. The van der Waals surface area contributed by atoms with Crippen molar-refractivity contribution >= 4 is 26.7 Å². The van der Waals surface area contributed by atoms with Gasteiger partial charge in [0.1, 0.15) is 0 Å². The third kappa shape index (κ3) is 4.70. The summed E-state index contributed by atoms with van der Waals surface area (Å²) in [6.45, 7) is 1.86. The van der Waals surface area contributed by atoms with Gasteiger partial charge in [0.2, 0.25) is 10.0 Å². The van der Waals surface area contributed by atoms with Crippen molar-refractivity contribution in [2.75, 3.05) is 26.3 Å². The molecule has 0 spiro atoms. The summed E-state index contributed by atoms with van der Waals surface area (Å²) >= 11 is 0. The Morgan fingerprint density at radius 2 is 1.57 bits per heavy atom. The molecule has 3 aromatic rings. The Labute approximate surface area is 176 Å². The summed E-state index contributed by atoms with van der Waals surface area (Å²) in [6.07, 6.45) is 0. The van der Waals surface area contributed by atoms with Crippen LogP contribution < -0.4 is 5.32 Å². The molecule has 0 bridgehead atoms. The first kappa shape index (κ1) is 20.5. The number of morpholine rings is 1. The Morgan fingerprint density at radius 3 is 2.33 bits per heavy atom. The van der Waals surface area contributed by atoms with E-state index < -0.39 is 10.0 Å². The zero-order valence-electron chi connectivity index (χ0n) is 16.6. The Hall–Kier alpha value is -2.74. The number of amides is 1. The third-order valence-corrected chi connectivity index (χ3v) is 7.10. The van der Waals surface area contributed by atoms with Crippen LogP contribution >= 0.6 is 0 Å². The van der Waals surface area contributed by atoms with E-state index in [0.717, 1.165) is 16.3 Å². The van der Waals surface area contributed by atoms with Gasteiger partial charge in [-0.1, -0.05) is 54.6 Å². The van der Waals surface area contributed by atoms with Crippen molar-refractivity contribution < 1.29 is 17.9 Å². The summed E-state index contributed by atoms with van der Waals surface area (Å²) in [5, 5.41) is 5.00. The number of hydrogen-bond acceptors (Lipinski definition) is 4. The molecule has 30 heavy (non-hydrogen) atoms. The number of fused-ring (bicyclic) bond motifs is 1. The number of hydrogen-bond donors (Lipinski definition) is 1. The first-order chi connectivity index (χ1) is 14.5. The molecule has 0 radical (unpaired) electrons. The van der Waals surface area contributed by atoms with E-state index >= 15 is 0 Å². The molecule has 1 N–H and O–H groups in total. The van der Waals surface area contributed by atoms with Crippen LogP contribution in [0.5, 0.6) is 0 Å². The van der Waals surface area contributed by atoms with Crippen molar-refractivity contribution in [3.8, 4) is 0 Å². The van der Waals surface area contributed by atoms with Gasteiger partial charge in [-0.25, -0.2) is 8.42 Å². The van der Waals surface area contributed by atoms with Gasteiger partial charge in [0.05, 0.1) is 19.0 Å². The molecule has 0 aromatic heterocycles. The highest BCUT2D eigenvalue weighted by Gasteiger charge is 2.25. The number of benzene rings is 3. The molecule has 6 nitrogen and oxygen atoms in total. The van der Waals surface area contributed by atoms with Crippen LogP contribution in [0.25, 0.3) is 10.8 Å². The zero-order chi connectivity index (χ0) is 21.0. The van der Waals surface area contributed by atoms with Gasteiger partial charge >= 0.3 is 0 Å². The van der Waals surface area contributed by atoms with Gasteiger partial charge in [0.15, 0.2) is 0 Å². The van der Waals surface area contributed by atoms with Crippen molar-refractivity contribution in [1.29, 1.82) is 0 Å². The van der Waals surface area contributed by atoms with Crippen molar-refractivity contribution in [2.24, 2.45) is 0 Å². The molecule has 1 aliphatic rings. The number of ether oxygens (including phenoxy) is 1. The van der Waals surface area contributed by atoms with Crippen LogP contribution in [-0.2, 0) is 27.1 Å². The predicted molar refractivity (Wildman–Crippen MR) is 117 cm³/mol. The molecule has 1 amide bonds. The summed E-state index contributed by atoms with van der Waals surface area (Å²) < 4.78 is 32.3. The van der Waals surface area contributed by atoms with Gasteiger partial charge in [0.25, 0.3) is 5.91 Å². The van der Waals surface area contributed by atoms with Crippen molar-refractivity contribution in [3.63, 3.8) is 0 Å². The fourth-order valence-electron chi connectivity index (χ4n) is 3.59. The van der Waals surface area contributed by atoms with Gasteiger partial charge in [-0.2, -0.15) is 4.31 Å². The highest BCUT2D eigenvalue weighted by Crippen LogP contribution is 2.18. The molecule has 1 heterocycles. The molecule has 1 aliphatic heterocycles. The smallest absolute Gasteiger partial charge is 0.251 e. The molecule has 3 aromatic carbocycles. The standard InChI is InChI=1S/C23H24N2O4S/c26-23(20-10-9-18-5-1-2-6-19(18)15-20)24-16-21-7-3-4-8-22(21)17-30(27,28)25-11-13-29-14-12-25/h1-10,15H,11-14,16-17H2,(H,24,26). The van der Waals surface area contributed by atoms with Gasteiger partial charge in [0, 0.05) is 25.2 Å². The number of rotatable bonds is 6. The fraction of sp³-hybridized carbons (Fsp3) is 0.261. The Morgan fingerprint density at radius 1 is 0.900 bits per heavy atom. The van der Waals surface area contributed by atoms with Crippen molar-refractivity contribution in [2.45, 2.75) is 12.3 Å². The second-order valence-electron chi connectivity index (χ2n) is 7.28. The molecular weight excluding hydrogens is 400 g/mol. The van der Waals surface area contributed by atoms with E-state index in [1.165, 1.54) is 4.31 Å². The van der Waals surface area contributed by atoms with Crippen molar-refractivity contribution in [1.82, 2.24) is 9.62 Å². The second-order valence-corrected chi connectivity index (χ2v) is 9.25. The number of carbonyl (C=O) groups is 1. The summed E-state index contributed by atoms with van der Waals surface area (Å²) in [4.78, 5) is 12.7. The summed E-state index contributed by atoms with van der Waals surface area (Å²) in [5.74, 6) is -0.277. The molecule has 0 atom stereocenters. The normalized spacial score (nSPS) is 15.2. The molecule has 0 saturated carbocycles.